The second-order valence-electron chi connectivity index (χ2n) is 4.18. The summed E-state index contributed by atoms with van der Waals surface area (Å²) in [7, 11) is 2.94. The van der Waals surface area contributed by atoms with Crippen LogP contribution < -0.4 is 22.3 Å². The standard InChI is InChI=1S/C10H19N5O2/c1-7(4-5-11)6-12-8-9(16)14(2)10(17)15(3)13-8/h7H,4-6,11H2,1-3H3,(H,12,13). The van der Waals surface area contributed by atoms with Gasteiger partial charge in [-0.3, -0.25) is 9.36 Å². The number of nitrogens with one attached hydrogen (secondary N) is 1. The highest BCUT2D eigenvalue weighted by atomic mass is 16.2. The summed E-state index contributed by atoms with van der Waals surface area (Å²) >= 11 is 0. The van der Waals surface area contributed by atoms with Gasteiger partial charge < -0.3 is 11.1 Å². The maximum Gasteiger partial charge on any atom is 0.346 e. The van der Waals surface area contributed by atoms with E-state index in [1.54, 1.807) is 0 Å². The van der Waals surface area contributed by atoms with Crippen LogP contribution in [0, 0.1) is 5.92 Å². The smallest absolute Gasteiger partial charge is 0.346 e. The fourth-order valence-electron chi connectivity index (χ4n) is 1.47. The van der Waals surface area contributed by atoms with E-state index in [0.29, 0.717) is 19.0 Å². The maximum atomic E-state index is 11.7. The molecular weight excluding hydrogens is 222 g/mol. The van der Waals surface area contributed by atoms with Crippen LogP contribution in [-0.2, 0) is 14.1 Å². The van der Waals surface area contributed by atoms with Crippen molar-refractivity contribution in [2.24, 2.45) is 25.7 Å². The zero-order chi connectivity index (χ0) is 13.0. The Kier molecular flexibility index (Phi) is 4.45. The molecule has 1 aromatic heterocycles. The molecule has 1 heterocycles. The number of hydrogen-bond acceptors (Lipinski definition) is 5. The molecule has 17 heavy (non-hydrogen) atoms. The summed E-state index contributed by atoms with van der Waals surface area (Å²) in [6.45, 7) is 3.26. The number of aryl methyl sites for hydroxylation is 1. The van der Waals surface area contributed by atoms with Gasteiger partial charge in [-0.1, -0.05) is 6.92 Å². The second-order valence-corrected chi connectivity index (χ2v) is 4.18. The van der Waals surface area contributed by atoms with E-state index in [1.807, 2.05) is 6.92 Å². The molecule has 0 amide bonds. The summed E-state index contributed by atoms with van der Waals surface area (Å²) < 4.78 is 2.17. The van der Waals surface area contributed by atoms with E-state index in [0.717, 1.165) is 15.7 Å². The van der Waals surface area contributed by atoms with Gasteiger partial charge in [0, 0.05) is 20.6 Å². The summed E-state index contributed by atoms with van der Waals surface area (Å²) in [4.78, 5) is 23.1. The van der Waals surface area contributed by atoms with Gasteiger partial charge in [-0.05, 0) is 18.9 Å². The second kappa shape index (κ2) is 5.62. The van der Waals surface area contributed by atoms with Crippen LogP contribution in [0.4, 0.5) is 5.82 Å². The van der Waals surface area contributed by atoms with Gasteiger partial charge in [-0.15, -0.1) is 5.10 Å². The van der Waals surface area contributed by atoms with Crippen LogP contribution in [0.5, 0.6) is 0 Å². The number of anilines is 1. The first-order chi connectivity index (χ1) is 7.97. The van der Waals surface area contributed by atoms with E-state index in [1.165, 1.54) is 14.1 Å². The molecular formula is C10H19N5O2. The first-order valence-electron chi connectivity index (χ1n) is 5.55. The SMILES string of the molecule is CC(CCN)CNc1nn(C)c(=O)n(C)c1=O. The van der Waals surface area contributed by atoms with Gasteiger partial charge >= 0.3 is 5.69 Å². The van der Waals surface area contributed by atoms with Gasteiger partial charge in [-0.2, -0.15) is 0 Å². The number of hydrogen-bond donors (Lipinski definition) is 2. The molecule has 1 unspecified atom stereocenters. The van der Waals surface area contributed by atoms with Gasteiger partial charge in [-0.25, -0.2) is 9.48 Å². The third kappa shape index (κ3) is 3.16. The Morgan fingerprint density at radius 2 is 2.06 bits per heavy atom. The van der Waals surface area contributed by atoms with Crippen molar-refractivity contribution in [1.29, 1.82) is 0 Å². The minimum absolute atomic E-state index is 0.193. The van der Waals surface area contributed by atoms with Crippen molar-refractivity contribution in [3.8, 4) is 0 Å². The predicted molar refractivity (Wildman–Crippen MR) is 66.0 cm³/mol. The molecule has 1 rings (SSSR count). The van der Waals surface area contributed by atoms with Crippen LogP contribution in [0.2, 0.25) is 0 Å². The number of rotatable bonds is 5. The average Bonchev–Trinajstić information content (AvgIpc) is 2.30. The van der Waals surface area contributed by atoms with Gasteiger partial charge in [0.05, 0.1) is 0 Å². The van der Waals surface area contributed by atoms with Crippen molar-refractivity contribution in [3.05, 3.63) is 20.8 Å². The third-order valence-electron chi connectivity index (χ3n) is 2.60. The highest BCUT2D eigenvalue weighted by Crippen LogP contribution is 2.00. The molecule has 0 saturated heterocycles. The summed E-state index contributed by atoms with van der Waals surface area (Å²) in [5.41, 5.74) is 4.60. The topological polar surface area (TPSA) is 94.9 Å². The largest absolute Gasteiger partial charge is 0.364 e. The van der Waals surface area contributed by atoms with Crippen molar-refractivity contribution in [1.82, 2.24) is 14.3 Å². The van der Waals surface area contributed by atoms with Crippen LogP contribution in [0.25, 0.3) is 0 Å². The number of nitrogens with two attached hydrogens (primary N) is 1. The van der Waals surface area contributed by atoms with Crippen LogP contribution >= 0.6 is 0 Å². The normalized spacial score (nSPS) is 12.5. The molecule has 0 aliphatic carbocycles. The lowest BCUT2D eigenvalue weighted by Crippen LogP contribution is -2.40. The molecule has 0 aromatic carbocycles. The molecule has 0 radical (unpaired) electrons. The Labute approximate surface area is 99.2 Å². The lowest BCUT2D eigenvalue weighted by molar-refractivity contribution is 0.558. The van der Waals surface area contributed by atoms with Crippen LogP contribution in [0.3, 0.4) is 0 Å². The van der Waals surface area contributed by atoms with Crippen LogP contribution in [0.15, 0.2) is 9.59 Å². The molecule has 7 heteroatoms. The molecule has 0 bridgehead atoms. The van der Waals surface area contributed by atoms with E-state index < -0.39 is 11.2 Å². The molecule has 0 aliphatic heterocycles. The Morgan fingerprint density at radius 1 is 1.41 bits per heavy atom. The van der Waals surface area contributed by atoms with Gasteiger partial charge in [0.15, 0.2) is 0 Å². The summed E-state index contributed by atoms with van der Waals surface area (Å²) in [6, 6.07) is 0. The van der Waals surface area contributed by atoms with Gasteiger partial charge in [0.1, 0.15) is 0 Å². The van der Waals surface area contributed by atoms with Crippen molar-refractivity contribution < 1.29 is 0 Å². The van der Waals surface area contributed by atoms with E-state index in [9.17, 15) is 9.59 Å². The molecule has 1 atom stereocenters. The zero-order valence-electron chi connectivity index (χ0n) is 10.4. The number of aromatic nitrogens is 3. The summed E-state index contributed by atoms with van der Waals surface area (Å²) in [5, 5.41) is 6.84. The maximum absolute atomic E-state index is 11.7. The fraction of sp³-hybridized carbons (Fsp3) is 0.700. The Bertz CT molecular complexity index is 490. The van der Waals surface area contributed by atoms with E-state index >= 15 is 0 Å². The molecule has 1 aromatic rings. The van der Waals surface area contributed by atoms with E-state index in [4.69, 9.17) is 5.73 Å². The summed E-state index contributed by atoms with van der Waals surface area (Å²) in [6.07, 6.45) is 0.874. The first kappa shape index (κ1) is 13.4. The third-order valence-corrected chi connectivity index (χ3v) is 2.60. The molecule has 7 nitrogen and oxygen atoms in total. The minimum atomic E-state index is -0.435. The lowest BCUT2D eigenvalue weighted by atomic mass is 10.1. The van der Waals surface area contributed by atoms with Gasteiger partial charge in [0.25, 0.3) is 5.56 Å². The molecule has 0 saturated carbocycles. The summed E-state index contributed by atoms with van der Waals surface area (Å²) in [5.74, 6) is 0.544. The quantitative estimate of drug-likeness (QED) is 0.680. The van der Waals surface area contributed by atoms with Gasteiger partial charge in [0.2, 0.25) is 5.82 Å². The van der Waals surface area contributed by atoms with E-state index in [2.05, 4.69) is 10.4 Å². The van der Waals surface area contributed by atoms with Crippen LogP contribution in [0.1, 0.15) is 13.3 Å². The average molecular weight is 241 g/mol. The minimum Gasteiger partial charge on any atom is -0.364 e. The van der Waals surface area contributed by atoms with Crippen molar-refractivity contribution in [2.75, 3.05) is 18.4 Å². The zero-order valence-corrected chi connectivity index (χ0v) is 10.4. The Hall–Kier alpha value is -1.63. The molecule has 0 fully saturated rings. The Morgan fingerprint density at radius 3 is 2.65 bits per heavy atom. The van der Waals surface area contributed by atoms with E-state index in [-0.39, 0.29) is 5.82 Å². The monoisotopic (exact) mass is 241 g/mol. The lowest BCUT2D eigenvalue weighted by Gasteiger charge is -2.12. The van der Waals surface area contributed by atoms with Crippen molar-refractivity contribution >= 4 is 5.82 Å². The number of nitrogens with zero attached hydrogens (tertiary/aromatic N) is 3. The predicted octanol–water partition coefficient (Wildman–Crippen LogP) is -1.12. The van der Waals surface area contributed by atoms with Crippen molar-refractivity contribution in [2.45, 2.75) is 13.3 Å². The fourth-order valence-corrected chi connectivity index (χ4v) is 1.47. The Balaban J connectivity index is 2.86. The molecule has 0 spiro atoms. The van der Waals surface area contributed by atoms with Crippen LogP contribution in [-0.4, -0.2) is 27.4 Å². The highest BCUT2D eigenvalue weighted by Gasteiger charge is 2.09. The molecule has 96 valence electrons. The first-order valence-corrected chi connectivity index (χ1v) is 5.55. The molecule has 3 N–H and O–H groups in total. The molecule has 0 aliphatic rings. The van der Waals surface area contributed by atoms with Crippen molar-refractivity contribution in [3.63, 3.8) is 0 Å². The highest BCUT2D eigenvalue weighted by molar-refractivity contribution is 5.29.